The topological polar surface area (TPSA) is 22.8 Å². The van der Waals surface area contributed by atoms with Crippen molar-refractivity contribution in [1.82, 2.24) is 14.1 Å². The molecule has 3 nitrogen and oxygen atoms in total. The third kappa shape index (κ3) is 3.09. The van der Waals surface area contributed by atoms with Crippen LogP contribution < -0.4 is 0 Å². The van der Waals surface area contributed by atoms with Crippen LogP contribution in [0.15, 0.2) is 109 Å². The molecule has 36 heavy (non-hydrogen) atoms. The number of pyridine rings is 1. The first-order valence-corrected chi connectivity index (χ1v) is 12.8. The van der Waals surface area contributed by atoms with Crippen LogP contribution in [-0.4, -0.2) is 14.1 Å². The lowest BCUT2D eigenvalue weighted by Gasteiger charge is -2.10. The number of hydrogen-bond acceptors (Lipinski definition) is 1. The normalized spacial score (nSPS) is 11.8. The number of para-hydroxylation sites is 3. The molecule has 0 N–H and O–H groups in total. The minimum absolute atomic E-state index is 0.987. The molecule has 3 heteroatoms. The molecule has 3 aromatic heterocycles. The van der Waals surface area contributed by atoms with Crippen LogP contribution in [0.5, 0.6) is 0 Å². The zero-order valence-electron chi connectivity index (χ0n) is 20.4. The van der Waals surface area contributed by atoms with Gasteiger partial charge in [0, 0.05) is 32.9 Å². The zero-order chi connectivity index (χ0) is 24.1. The van der Waals surface area contributed by atoms with Crippen LogP contribution in [0.1, 0.15) is 25.5 Å². The second kappa shape index (κ2) is 8.39. The van der Waals surface area contributed by atoms with E-state index < -0.39 is 0 Å². The summed E-state index contributed by atoms with van der Waals surface area (Å²) in [5.41, 5.74) is 7.17. The number of rotatable bonds is 5. The van der Waals surface area contributed by atoms with Gasteiger partial charge in [0.2, 0.25) is 0 Å². The van der Waals surface area contributed by atoms with Gasteiger partial charge in [0.15, 0.2) is 0 Å². The smallest absolute Gasteiger partial charge is 0.137 e. The van der Waals surface area contributed by atoms with E-state index in [1.807, 2.05) is 0 Å². The monoisotopic (exact) mass is 465 g/mol. The molecule has 0 radical (unpaired) electrons. The van der Waals surface area contributed by atoms with Crippen LogP contribution in [0.4, 0.5) is 0 Å². The molecule has 0 aliphatic rings. The van der Waals surface area contributed by atoms with E-state index in [0.717, 1.165) is 24.4 Å². The molecule has 0 atom stereocenters. The Hall–Kier alpha value is -4.37. The van der Waals surface area contributed by atoms with Gasteiger partial charge in [0.05, 0.1) is 22.1 Å². The zero-order valence-corrected chi connectivity index (χ0v) is 20.4. The molecule has 3 heterocycles. The number of benzene rings is 4. The number of fused-ring (bicyclic) bond motifs is 7. The fourth-order valence-electron chi connectivity index (χ4n) is 5.71. The highest BCUT2D eigenvalue weighted by Crippen LogP contribution is 2.41. The van der Waals surface area contributed by atoms with E-state index in [0.29, 0.717) is 0 Å². The molecule has 4 aromatic carbocycles. The van der Waals surface area contributed by atoms with E-state index in [2.05, 4.69) is 125 Å². The van der Waals surface area contributed by atoms with Gasteiger partial charge in [-0.15, -0.1) is 0 Å². The summed E-state index contributed by atoms with van der Waals surface area (Å²) in [5, 5.41) is 5.11. The highest BCUT2D eigenvalue weighted by Gasteiger charge is 2.20. The van der Waals surface area contributed by atoms with Gasteiger partial charge in [-0.3, -0.25) is 4.57 Å². The van der Waals surface area contributed by atoms with Crippen molar-refractivity contribution in [1.29, 1.82) is 0 Å². The lowest BCUT2D eigenvalue weighted by atomic mass is 10.1. The molecule has 0 spiro atoms. The molecular formula is C33H27N3. The van der Waals surface area contributed by atoms with Crippen molar-refractivity contribution in [3.63, 3.8) is 0 Å². The number of aryl methyl sites for hydroxylation is 1. The van der Waals surface area contributed by atoms with Crippen molar-refractivity contribution in [3.8, 4) is 11.5 Å². The van der Waals surface area contributed by atoms with E-state index in [1.54, 1.807) is 0 Å². The van der Waals surface area contributed by atoms with Gasteiger partial charge in [-0.1, -0.05) is 74.0 Å². The van der Waals surface area contributed by atoms with Crippen molar-refractivity contribution in [3.05, 3.63) is 115 Å². The average molecular weight is 466 g/mol. The SMILES string of the molecule is CCCCc1cccc(-n2c3ccccc3c3c4c5ccccc5n(-c5ccccc5)c4ccc32)n1. The lowest BCUT2D eigenvalue weighted by Crippen LogP contribution is -2.00. The van der Waals surface area contributed by atoms with Gasteiger partial charge in [-0.05, 0) is 61.4 Å². The molecule has 0 saturated heterocycles. The van der Waals surface area contributed by atoms with Crippen molar-refractivity contribution < 1.29 is 0 Å². The predicted octanol–water partition coefficient (Wildman–Crippen LogP) is 8.62. The second-order valence-electron chi connectivity index (χ2n) is 9.49. The summed E-state index contributed by atoms with van der Waals surface area (Å²) >= 11 is 0. The standard InChI is InChI=1S/C33H27N3/c1-2-3-12-23-13-11-20-31(34-23)36-28-19-10-8-17-26(28)33-30(36)22-21-29-32(33)25-16-7-9-18-27(25)35(29)24-14-5-4-6-15-24/h4-11,13-22H,2-3,12H2,1H3. The van der Waals surface area contributed by atoms with Gasteiger partial charge in [-0.2, -0.15) is 0 Å². The Morgan fingerprint density at radius 3 is 1.86 bits per heavy atom. The molecule has 0 bridgehead atoms. The van der Waals surface area contributed by atoms with E-state index >= 15 is 0 Å². The summed E-state index contributed by atoms with van der Waals surface area (Å²) in [5.74, 6) is 0.987. The summed E-state index contributed by atoms with van der Waals surface area (Å²) in [6.07, 6.45) is 3.34. The largest absolute Gasteiger partial charge is 0.309 e. The Bertz CT molecular complexity index is 1870. The maximum atomic E-state index is 5.11. The first-order chi connectivity index (χ1) is 17.8. The number of hydrogen-bond donors (Lipinski definition) is 0. The third-order valence-electron chi connectivity index (χ3n) is 7.29. The van der Waals surface area contributed by atoms with E-state index in [-0.39, 0.29) is 0 Å². The molecule has 0 aliphatic carbocycles. The van der Waals surface area contributed by atoms with Crippen LogP contribution >= 0.6 is 0 Å². The highest BCUT2D eigenvalue weighted by molar-refractivity contribution is 6.28. The van der Waals surface area contributed by atoms with Crippen molar-refractivity contribution >= 4 is 43.6 Å². The molecular weight excluding hydrogens is 438 g/mol. The van der Waals surface area contributed by atoms with Gasteiger partial charge in [-0.25, -0.2) is 4.98 Å². The van der Waals surface area contributed by atoms with E-state index in [4.69, 9.17) is 4.98 Å². The van der Waals surface area contributed by atoms with Gasteiger partial charge < -0.3 is 4.57 Å². The number of nitrogens with zero attached hydrogens (tertiary/aromatic N) is 3. The fraction of sp³-hybridized carbons (Fsp3) is 0.121. The Morgan fingerprint density at radius 1 is 0.556 bits per heavy atom. The Kier molecular flexibility index (Phi) is 4.88. The van der Waals surface area contributed by atoms with Crippen molar-refractivity contribution in [2.45, 2.75) is 26.2 Å². The minimum atomic E-state index is 0.987. The third-order valence-corrected chi connectivity index (χ3v) is 7.29. The summed E-state index contributed by atoms with van der Waals surface area (Å²) in [7, 11) is 0. The molecule has 7 rings (SSSR count). The Morgan fingerprint density at radius 2 is 1.17 bits per heavy atom. The first kappa shape index (κ1) is 21.0. The summed E-state index contributed by atoms with van der Waals surface area (Å²) in [6, 6.07) is 39.2. The Balaban J connectivity index is 1.62. The van der Waals surface area contributed by atoms with Gasteiger partial charge in [0.1, 0.15) is 5.82 Å². The van der Waals surface area contributed by atoms with E-state index in [9.17, 15) is 0 Å². The molecule has 7 aromatic rings. The van der Waals surface area contributed by atoms with Crippen LogP contribution in [-0.2, 0) is 6.42 Å². The van der Waals surface area contributed by atoms with Crippen molar-refractivity contribution in [2.75, 3.05) is 0 Å². The maximum Gasteiger partial charge on any atom is 0.137 e. The Labute approximate surface area is 210 Å². The minimum Gasteiger partial charge on any atom is -0.309 e. The van der Waals surface area contributed by atoms with Crippen LogP contribution in [0.3, 0.4) is 0 Å². The maximum absolute atomic E-state index is 5.11. The van der Waals surface area contributed by atoms with Gasteiger partial charge in [0.25, 0.3) is 0 Å². The van der Waals surface area contributed by atoms with Crippen LogP contribution in [0, 0.1) is 0 Å². The summed E-state index contributed by atoms with van der Waals surface area (Å²) in [6.45, 7) is 2.23. The number of aromatic nitrogens is 3. The average Bonchev–Trinajstić information content (AvgIpc) is 3.45. The van der Waals surface area contributed by atoms with Gasteiger partial charge >= 0.3 is 0 Å². The molecule has 0 unspecified atom stereocenters. The highest BCUT2D eigenvalue weighted by atomic mass is 15.1. The predicted molar refractivity (Wildman–Crippen MR) is 152 cm³/mol. The van der Waals surface area contributed by atoms with E-state index in [1.165, 1.54) is 55.7 Å². The quantitative estimate of drug-likeness (QED) is 0.249. The van der Waals surface area contributed by atoms with Crippen LogP contribution in [0.25, 0.3) is 55.1 Å². The molecule has 0 amide bonds. The molecule has 0 aliphatic heterocycles. The van der Waals surface area contributed by atoms with Crippen molar-refractivity contribution in [2.24, 2.45) is 0 Å². The molecule has 174 valence electrons. The summed E-state index contributed by atoms with van der Waals surface area (Å²) < 4.78 is 4.73. The first-order valence-electron chi connectivity index (χ1n) is 12.8. The number of unbranched alkanes of at least 4 members (excludes halogenated alkanes) is 1. The lowest BCUT2D eigenvalue weighted by molar-refractivity contribution is 0.773. The summed E-state index contributed by atoms with van der Waals surface area (Å²) in [4.78, 5) is 5.11. The second-order valence-corrected chi connectivity index (χ2v) is 9.49. The molecule has 0 fully saturated rings. The van der Waals surface area contributed by atoms with Crippen LogP contribution in [0.2, 0.25) is 0 Å². The fourth-order valence-corrected chi connectivity index (χ4v) is 5.71. The molecule has 0 saturated carbocycles.